The largest absolute Gasteiger partial charge is 0.465 e. The van der Waals surface area contributed by atoms with E-state index >= 15 is 0 Å². The molecule has 8 heteroatoms. The van der Waals surface area contributed by atoms with Crippen molar-refractivity contribution < 1.29 is 18.8 Å². The zero-order valence-electron chi connectivity index (χ0n) is 10.7. The lowest BCUT2D eigenvalue weighted by Gasteiger charge is -2.07. The third-order valence-electron chi connectivity index (χ3n) is 2.78. The normalized spacial score (nSPS) is 10.3. The Labute approximate surface area is 112 Å². The van der Waals surface area contributed by atoms with Gasteiger partial charge in [0.15, 0.2) is 5.82 Å². The summed E-state index contributed by atoms with van der Waals surface area (Å²) in [6.07, 6.45) is 1.27. The summed E-state index contributed by atoms with van der Waals surface area (Å²) in [5, 5.41) is 14.2. The van der Waals surface area contributed by atoms with Crippen molar-refractivity contribution in [1.29, 1.82) is 0 Å². The maximum absolute atomic E-state index is 14.2. The highest BCUT2D eigenvalue weighted by Gasteiger charge is 2.20. The SMILES string of the molecule is COC(=O)c1ccc(-n2ccc([N+](=O)[O-])n2)c(F)c1C. The summed E-state index contributed by atoms with van der Waals surface area (Å²) in [7, 11) is 1.20. The Balaban J connectivity index is 2.50. The molecule has 0 atom stereocenters. The molecule has 1 heterocycles. The molecule has 0 fully saturated rings. The number of methoxy groups -OCH3 is 1. The van der Waals surface area contributed by atoms with Gasteiger partial charge in [0.2, 0.25) is 0 Å². The number of aromatic nitrogens is 2. The first kappa shape index (κ1) is 13.7. The van der Waals surface area contributed by atoms with Gasteiger partial charge in [-0.1, -0.05) is 0 Å². The summed E-state index contributed by atoms with van der Waals surface area (Å²) in [4.78, 5) is 21.3. The van der Waals surface area contributed by atoms with Crippen LogP contribution >= 0.6 is 0 Å². The maximum Gasteiger partial charge on any atom is 0.390 e. The molecule has 2 rings (SSSR count). The fraction of sp³-hybridized carbons (Fsp3) is 0.167. The van der Waals surface area contributed by atoms with E-state index in [2.05, 4.69) is 9.84 Å². The fourth-order valence-electron chi connectivity index (χ4n) is 1.72. The predicted molar refractivity (Wildman–Crippen MR) is 66.3 cm³/mol. The van der Waals surface area contributed by atoms with Crippen LogP contribution in [0.25, 0.3) is 5.69 Å². The fourth-order valence-corrected chi connectivity index (χ4v) is 1.72. The Kier molecular flexibility index (Phi) is 3.47. The molecule has 0 aliphatic rings. The summed E-state index contributed by atoms with van der Waals surface area (Å²) < 4.78 is 19.8. The lowest BCUT2D eigenvalue weighted by Crippen LogP contribution is -2.08. The number of nitrogens with zero attached hydrogens (tertiary/aromatic N) is 3. The molecule has 0 amide bonds. The van der Waals surface area contributed by atoms with E-state index in [1.165, 1.54) is 32.4 Å². The molecule has 0 bridgehead atoms. The van der Waals surface area contributed by atoms with Gasteiger partial charge in [-0.3, -0.25) is 0 Å². The van der Waals surface area contributed by atoms with Crippen LogP contribution in [0, 0.1) is 22.9 Å². The number of esters is 1. The van der Waals surface area contributed by atoms with Gasteiger partial charge in [-0.25, -0.2) is 9.18 Å². The Bertz CT molecular complexity index is 696. The number of ether oxygens (including phenoxy) is 1. The first-order valence-corrected chi connectivity index (χ1v) is 5.53. The predicted octanol–water partition coefficient (Wildman–Crippen LogP) is 2.01. The van der Waals surface area contributed by atoms with Gasteiger partial charge < -0.3 is 14.9 Å². The monoisotopic (exact) mass is 279 g/mol. The minimum Gasteiger partial charge on any atom is -0.465 e. The van der Waals surface area contributed by atoms with Crippen molar-refractivity contribution in [3.05, 3.63) is 51.5 Å². The van der Waals surface area contributed by atoms with E-state index in [0.29, 0.717) is 0 Å². The molecule has 0 aliphatic carbocycles. The van der Waals surface area contributed by atoms with Gasteiger partial charge in [0.25, 0.3) is 0 Å². The van der Waals surface area contributed by atoms with Crippen LogP contribution in [0.2, 0.25) is 0 Å². The van der Waals surface area contributed by atoms with Gasteiger partial charge in [-0.2, -0.15) is 0 Å². The number of halogens is 1. The second kappa shape index (κ2) is 5.08. The summed E-state index contributed by atoms with van der Waals surface area (Å²) in [5.74, 6) is -1.73. The minimum atomic E-state index is -0.689. The number of benzene rings is 1. The van der Waals surface area contributed by atoms with Crippen molar-refractivity contribution in [1.82, 2.24) is 9.78 Å². The van der Waals surface area contributed by atoms with E-state index < -0.39 is 16.7 Å². The average molecular weight is 279 g/mol. The average Bonchev–Trinajstić information content (AvgIpc) is 2.90. The van der Waals surface area contributed by atoms with Gasteiger partial charge >= 0.3 is 11.8 Å². The van der Waals surface area contributed by atoms with Crippen LogP contribution in [0.3, 0.4) is 0 Å². The van der Waals surface area contributed by atoms with E-state index in [9.17, 15) is 19.3 Å². The van der Waals surface area contributed by atoms with E-state index in [4.69, 9.17) is 0 Å². The smallest absolute Gasteiger partial charge is 0.390 e. The van der Waals surface area contributed by atoms with Crippen LogP contribution in [-0.2, 0) is 4.74 Å². The van der Waals surface area contributed by atoms with E-state index in [1.54, 1.807) is 0 Å². The molecule has 7 nitrogen and oxygen atoms in total. The van der Waals surface area contributed by atoms with E-state index in [0.717, 1.165) is 10.7 Å². The lowest BCUT2D eigenvalue weighted by atomic mass is 10.1. The molecule has 0 saturated heterocycles. The topological polar surface area (TPSA) is 87.3 Å². The van der Waals surface area contributed by atoms with Gasteiger partial charge in [0, 0.05) is 5.56 Å². The molecule has 104 valence electrons. The van der Waals surface area contributed by atoms with Crippen molar-refractivity contribution in [2.24, 2.45) is 0 Å². The number of rotatable bonds is 3. The molecule has 0 N–H and O–H groups in total. The van der Waals surface area contributed by atoms with Crippen LogP contribution in [-0.4, -0.2) is 27.8 Å². The Morgan fingerprint density at radius 1 is 1.45 bits per heavy atom. The van der Waals surface area contributed by atoms with Crippen LogP contribution in [0.4, 0.5) is 10.2 Å². The maximum atomic E-state index is 14.2. The van der Waals surface area contributed by atoms with Crippen molar-refractivity contribution in [3.63, 3.8) is 0 Å². The number of hydrogen-bond acceptors (Lipinski definition) is 5. The van der Waals surface area contributed by atoms with Gasteiger partial charge in [-0.05, 0) is 24.0 Å². The number of nitro groups is 1. The molecule has 20 heavy (non-hydrogen) atoms. The van der Waals surface area contributed by atoms with Crippen molar-refractivity contribution >= 4 is 11.8 Å². The molecule has 0 spiro atoms. The molecular weight excluding hydrogens is 269 g/mol. The summed E-state index contributed by atoms with van der Waals surface area (Å²) in [6, 6.07) is 3.85. The Morgan fingerprint density at radius 2 is 2.15 bits per heavy atom. The first-order valence-electron chi connectivity index (χ1n) is 5.53. The van der Waals surface area contributed by atoms with Crippen LogP contribution < -0.4 is 0 Å². The summed E-state index contributed by atoms with van der Waals surface area (Å²) in [5.41, 5.74) is 0.200. The summed E-state index contributed by atoms with van der Waals surface area (Å²) >= 11 is 0. The summed E-state index contributed by atoms with van der Waals surface area (Å²) in [6.45, 7) is 1.42. The molecule has 1 aromatic carbocycles. The molecule has 0 aliphatic heterocycles. The number of hydrogen-bond donors (Lipinski definition) is 0. The van der Waals surface area contributed by atoms with Crippen LogP contribution in [0.15, 0.2) is 24.4 Å². The van der Waals surface area contributed by atoms with E-state index in [1.807, 2.05) is 0 Å². The number of carbonyl (C=O) groups excluding carboxylic acids is 1. The highest BCUT2D eigenvalue weighted by molar-refractivity contribution is 5.91. The highest BCUT2D eigenvalue weighted by atomic mass is 19.1. The molecule has 0 unspecified atom stereocenters. The third kappa shape index (κ3) is 2.22. The minimum absolute atomic E-state index is 0.0169. The second-order valence-corrected chi connectivity index (χ2v) is 3.94. The van der Waals surface area contributed by atoms with Gasteiger partial charge in [0.1, 0.15) is 5.69 Å². The quantitative estimate of drug-likeness (QED) is 0.487. The zero-order valence-corrected chi connectivity index (χ0v) is 10.7. The molecule has 0 radical (unpaired) electrons. The standard InChI is InChI=1S/C12H10FN3O4/c1-7-8(12(17)20-2)3-4-9(11(7)13)15-6-5-10(14-15)16(18)19/h3-6H,1-2H3. The Hall–Kier alpha value is -2.77. The number of carbonyl (C=O) groups is 1. The van der Waals surface area contributed by atoms with Crippen molar-refractivity contribution in [2.45, 2.75) is 6.92 Å². The van der Waals surface area contributed by atoms with E-state index in [-0.39, 0.29) is 22.6 Å². The van der Waals surface area contributed by atoms with Crippen LogP contribution in [0.5, 0.6) is 0 Å². The van der Waals surface area contributed by atoms with Crippen molar-refractivity contribution in [3.8, 4) is 5.69 Å². The Morgan fingerprint density at radius 3 is 2.70 bits per heavy atom. The molecule has 0 saturated carbocycles. The van der Waals surface area contributed by atoms with Crippen LogP contribution in [0.1, 0.15) is 15.9 Å². The molecular formula is C12H10FN3O4. The second-order valence-electron chi connectivity index (χ2n) is 3.94. The zero-order chi connectivity index (χ0) is 14.9. The van der Waals surface area contributed by atoms with Gasteiger partial charge in [0.05, 0.1) is 30.0 Å². The lowest BCUT2D eigenvalue weighted by molar-refractivity contribution is -0.389. The third-order valence-corrected chi connectivity index (χ3v) is 2.78. The molecule has 1 aromatic heterocycles. The highest BCUT2D eigenvalue weighted by Crippen LogP contribution is 2.21. The van der Waals surface area contributed by atoms with Crippen molar-refractivity contribution in [2.75, 3.05) is 7.11 Å². The first-order chi connectivity index (χ1) is 9.45. The molecule has 2 aromatic rings. The van der Waals surface area contributed by atoms with Gasteiger partial charge in [-0.15, -0.1) is 4.68 Å².